The molecule has 3 rings (SSSR count). The largest absolute Gasteiger partial charge is 0.508 e. The molecule has 5 nitrogen and oxygen atoms in total. The highest BCUT2D eigenvalue weighted by atomic mass is 35.5. The summed E-state index contributed by atoms with van der Waals surface area (Å²) in [5, 5.41) is 13.1. The Hall–Kier alpha value is -2.24. The van der Waals surface area contributed by atoms with Gasteiger partial charge in [0.25, 0.3) is 0 Å². The minimum absolute atomic E-state index is 0.0200. The third kappa shape index (κ3) is 4.11. The van der Waals surface area contributed by atoms with Crippen LogP contribution >= 0.6 is 11.6 Å². The number of benzene rings is 2. The monoisotopic (exact) mass is 373 g/mol. The maximum absolute atomic E-state index is 12.6. The number of carbonyl (C=O) groups is 1. The van der Waals surface area contributed by atoms with Crippen LogP contribution < -0.4 is 10.2 Å². The summed E-state index contributed by atoms with van der Waals surface area (Å²) in [4.78, 5) is 17.1. The van der Waals surface area contributed by atoms with Crippen molar-refractivity contribution in [2.45, 2.75) is 19.9 Å². The van der Waals surface area contributed by atoms with Gasteiger partial charge in [0.05, 0.1) is 6.04 Å². The zero-order valence-electron chi connectivity index (χ0n) is 15.1. The Morgan fingerprint density at radius 1 is 1.12 bits per heavy atom. The van der Waals surface area contributed by atoms with E-state index >= 15 is 0 Å². The van der Waals surface area contributed by atoms with Crippen molar-refractivity contribution >= 4 is 28.9 Å². The Labute approximate surface area is 159 Å². The molecule has 1 heterocycles. The molecule has 1 fully saturated rings. The van der Waals surface area contributed by atoms with E-state index in [9.17, 15) is 9.90 Å². The van der Waals surface area contributed by atoms with Crippen molar-refractivity contribution in [3.8, 4) is 5.75 Å². The number of nitrogens with one attached hydrogen (secondary N) is 1. The second kappa shape index (κ2) is 7.98. The third-order valence-corrected chi connectivity index (χ3v) is 5.39. The number of piperazine rings is 1. The number of rotatable bonds is 4. The number of phenols is 1. The normalized spacial score (nSPS) is 16.3. The summed E-state index contributed by atoms with van der Waals surface area (Å²) in [5.74, 6) is 0.252. The van der Waals surface area contributed by atoms with Crippen LogP contribution in [0.15, 0.2) is 42.5 Å². The van der Waals surface area contributed by atoms with Crippen LogP contribution in [0.25, 0.3) is 0 Å². The lowest BCUT2D eigenvalue weighted by atomic mass is 10.1. The number of aromatic hydroxyl groups is 1. The molecule has 2 aromatic rings. The Morgan fingerprint density at radius 3 is 2.42 bits per heavy atom. The second-order valence-corrected chi connectivity index (χ2v) is 7.02. The van der Waals surface area contributed by atoms with E-state index < -0.39 is 0 Å². The minimum atomic E-state index is -0.213. The van der Waals surface area contributed by atoms with Crippen LogP contribution in [0.3, 0.4) is 0 Å². The lowest BCUT2D eigenvalue weighted by Gasteiger charge is -2.38. The molecule has 2 N–H and O–H groups in total. The number of phenolic OH excluding ortho intramolecular Hbond substituents is 1. The molecule has 1 atom stereocenters. The van der Waals surface area contributed by atoms with Gasteiger partial charge in [-0.3, -0.25) is 9.69 Å². The molecular formula is C20H24ClN3O2. The van der Waals surface area contributed by atoms with E-state index in [-0.39, 0.29) is 17.7 Å². The van der Waals surface area contributed by atoms with Crippen LogP contribution in [-0.4, -0.2) is 48.1 Å². The summed E-state index contributed by atoms with van der Waals surface area (Å²) in [6.45, 7) is 7.15. The van der Waals surface area contributed by atoms with Crippen LogP contribution in [0.4, 0.5) is 11.4 Å². The molecule has 0 aliphatic carbocycles. The first-order chi connectivity index (χ1) is 12.5. The van der Waals surface area contributed by atoms with E-state index in [2.05, 4.69) is 15.1 Å². The van der Waals surface area contributed by atoms with Crippen molar-refractivity contribution in [2.24, 2.45) is 0 Å². The quantitative estimate of drug-likeness (QED) is 0.861. The fourth-order valence-electron chi connectivity index (χ4n) is 3.18. The van der Waals surface area contributed by atoms with Gasteiger partial charge < -0.3 is 15.3 Å². The molecule has 2 aromatic carbocycles. The van der Waals surface area contributed by atoms with Crippen molar-refractivity contribution in [3.63, 3.8) is 0 Å². The Bertz CT molecular complexity index is 771. The highest BCUT2D eigenvalue weighted by molar-refractivity contribution is 6.31. The molecule has 0 bridgehead atoms. The molecule has 1 amide bonds. The molecule has 138 valence electrons. The average Bonchev–Trinajstić information content (AvgIpc) is 2.65. The summed E-state index contributed by atoms with van der Waals surface area (Å²) in [6, 6.07) is 12.6. The van der Waals surface area contributed by atoms with E-state index in [0.29, 0.717) is 5.02 Å². The fraction of sp³-hybridized carbons (Fsp3) is 0.350. The van der Waals surface area contributed by atoms with Crippen molar-refractivity contribution in [2.75, 3.05) is 36.4 Å². The van der Waals surface area contributed by atoms with Crippen LogP contribution in [0.1, 0.15) is 12.5 Å². The van der Waals surface area contributed by atoms with Crippen molar-refractivity contribution in [3.05, 3.63) is 53.1 Å². The summed E-state index contributed by atoms with van der Waals surface area (Å²) in [5.41, 5.74) is 2.73. The van der Waals surface area contributed by atoms with Gasteiger partial charge in [0, 0.05) is 42.6 Å². The van der Waals surface area contributed by atoms with Gasteiger partial charge in [0.15, 0.2) is 0 Å². The second-order valence-electron chi connectivity index (χ2n) is 6.62. The molecule has 0 aromatic heterocycles. The Morgan fingerprint density at radius 2 is 1.77 bits per heavy atom. The first kappa shape index (κ1) is 18.5. The lowest BCUT2D eigenvalue weighted by molar-refractivity contribution is -0.120. The summed E-state index contributed by atoms with van der Waals surface area (Å²) in [6.07, 6.45) is 0. The summed E-state index contributed by atoms with van der Waals surface area (Å²) >= 11 is 6.13. The minimum Gasteiger partial charge on any atom is -0.508 e. The first-order valence-corrected chi connectivity index (χ1v) is 9.17. The predicted molar refractivity (Wildman–Crippen MR) is 106 cm³/mol. The number of halogens is 1. The van der Waals surface area contributed by atoms with E-state index in [1.54, 1.807) is 12.1 Å². The van der Waals surface area contributed by atoms with Gasteiger partial charge >= 0.3 is 0 Å². The number of hydrogen-bond acceptors (Lipinski definition) is 4. The van der Waals surface area contributed by atoms with Crippen molar-refractivity contribution < 1.29 is 9.90 Å². The Balaban J connectivity index is 1.57. The van der Waals surface area contributed by atoms with Gasteiger partial charge in [-0.05, 0) is 55.8 Å². The van der Waals surface area contributed by atoms with Gasteiger partial charge in [-0.15, -0.1) is 0 Å². The molecule has 1 saturated heterocycles. The standard InChI is InChI=1S/C20H24ClN3O2/c1-14-18(21)4-3-5-19(14)22-20(26)15(2)23-10-12-24(13-11-23)16-6-8-17(25)9-7-16/h3-9,15,25H,10-13H2,1-2H3,(H,22,26)/t15-/m1/s1. The zero-order chi connectivity index (χ0) is 18.7. The number of nitrogens with zero attached hydrogens (tertiary/aromatic N) is 2. The maximum Gasteiger partial charge on any atom is 0.241 e. The summed E-state index contributed by atoms with van der Waals surface area (Å²) < 4.78 is 0. The molecule has 1 aliphatic rings. The van der Waals surface area contributed by atoms with E-state index in [0.717, 1.165) is 43.1 Å². The van der Waals surface area contributed by atoms with Crippen molar-refractivity contribution in [1.29, 1.82) is 0 Å². The number of carbonyl (C=O) groups excluding carboxylic acids is 1. The molecule has 0 unspecified atom stereocenters. The van der Waals surface area contributed by atoms with Gasteiger partial charge in [-0.2, -0.15) is 0 Å². The molecule has 1 aliphatic heterocycles. The molecule has 0 radical (unpaired) electrons. The first-order valence-electron chi connectivity index (χ1n) is 8.79. The molecular weight excluding hydrogens is 350 g/mol. The molecule has 26 heavy (non-hydrogen) atoms. The van der Waals surface area contributed by atoms with Gasteiger partial charge in [0.1, 0.15) is 5.75 Å². The van der Waals surface area contributed by atoms with E-state index in [1.807, 2.05) is 44.2 Å². The highest BCUT2D eigenvalue weighted by Gasteiger charge is 2.26. The SMILES string of the molecule is Cc1c(Cl)cccc1NC(=O)[C@@H](C)N1CCN(c2ccc(O)cc2)CC1. The van der Waals surface area contributed by atoms with Gasteiger partial charge in [0.2, 0.25) is 5.91 Å². The summed E-state index contributed by atoms with van der Waals surface area (Å²) in [7, 11) is 0. The number of hydrogen-bond donors (Lipinski definition) is 2. The van der Waals surface area contributed by atoms with Crippen LogP contribution in [0.2, 0.25) is 5.02 Å². The zero-order valence-corrected chi connectivity index (χ0v) is 15.8. The van der Waals surface area contributed by atoms with Crippen LogP contribution in [0.5, 0.6) is 5.75 Å². The van der Waals surface area contributed by atoms with Crippen molar-refractivity contribution in [1.82, 2.24) is 4.90 Å². The van der Waals surface area contributed by atoms with E-state index in [4.69, 9.17) is 11.6 Å². The van der Waals surface area contributed by atoms with Gasteiger partial charge in [-0.25, -0.2) is 0 Å². The van der Waals surface area contributed by atoms with Gasteiger partial charge in [-0.1, -0.05) is 17.7 Å². The smallest absolute Gasteiger partial charge is 0.241 e. The lowest BCUT2D eigenvalue weighted by Crippen LogP contribution is -2.52. The third-order valence-electron chi connectivity index (χ3n) is 4.98. The Kier molecular flexibility index (Phi) is 5.69. The number of amides is 1. The van der Waals surface area contributed by atoms with E-state index in [1.165, 1.54) is 0 Å². The topological polar surface area (TPSA) is 55.8 Å². The molecule has 0 saturated carbocycles. The molecule has 0 spiro atoms. The molecule has 6 heteroatoms. The number of anilines is 2. The average molecular weight is 374 g/mol. The van der Waals surface area contributed by atoms with Crippen LogP contribution in [-0.2, 0) is 4.79 Å². The fourth-order valence-corrected chi connectivity index (χ4v) is 3.35. The highest BCUT2D eigenvalue weighted by Crippen LogP contribution is 2.24. The maximum atomic E-state index is 12.6. The van der Waals surface area contributed by atoms with Crippen LogP contribution in [0, 0.1) is 6.92 Å². The predicted octanol–water partition coefficient (Wildman–Crippen LogP) is 3.50.